The van der Waals surface area contributed by atoms with Gasteiger partial charge >= 0.3 is 5.97 Å². The summed E-state index contributed by atoms with van der Waals surface area (Å²) in [5.74, 6) is 1.39. The molecule has 3 nitrogen and oxygen atoms in total. The number of esters is 1. The van der Waals surface area contributed by atoms with Gasteiger partial charge in [0, 0.05) is 6.42 Å². The number of hydrogen-bond acceptors (Lipinski definition) is 4. The highest BCUT2D eigenvalue weighted by atomic mass is 32.2. The van der Waals surface area contributed by atoms with Gasteiger partial charge in [-0.05, 0) is 19.1 Å². The average molecular weight is 218 g/mol. The van der Waals surface area contributed by atoms with Gasteiger partial charge < -0.3 is 4.74 Å². The number of thioether (sulfide) groups is 1. The maximum Gasteiger partial charge on any atom is 0.306 e. The quantitative estimate of drug-likeness (QED) is 0.462. The smallest absolute Gasteiger partial charge is 0.306 e. The highest BCUT2D eigenvalue weighted by molar-refractivity contribution is 7.99. The molecule has 0 unspecified atom stereocenters. The summed E-state index contributed by atoms with van der Waals surface area (Å²) < 4.78 is 4.72. The molecule has 0 radical (unpaired) electrons. The molecule has 0 heterocycles. The molecule has 0 aromatic carbocycles. The van der Waals surface area contributed by atoms with Crippen LogP contribution in [0.2, 0.25) is 0 Å². The Bertz CT molecular complexity index is 180. The van der Waals surface area contributed by atoms with Crippen LogP contribution in [-0.4, -0.2) is 29.9 Å². The van der Waals surface area contributed by atoms with Crippen LogP contribution in [0.25, 0.3) is 0 Å². The molecule has 0 aromatic heterocycles. The zero-order valence-electron chi connectivity index (χ0n) is 8.88. The van der Waals surface area contributed by atoms with E-state index in [0.29, 0.717) is 18.8 Å². The summed E-state index contributed by atoms with van der Waals surface area (Å²) in [6, 6.07) is 0. The number of hydrogen-bond donors (Lipinski definition) is 0. The molecule has 0 aliphatic carbocycles. The molecule has 0 amide bonds. The van der Waals surface area contributed by atoms with Crippen molar-refractivity contribution in [3.8, 4) is 0 Å². The maximum absolute atomic E-state index is 11.2. The lowest BCUT2D eigenvalue weighted by Gasteiger charge is -2.01. The molecule has 0 fully saturated rings. The minimum absolute atomic E-state index is 0.136. The first kappa shape index (κ1) is 13.5. The molecule has 0 saturated heterocycles. The Balaban J connectivity index is 3.39. The molecule has 0 rings (SSSR count). The Labute approximate surface area is 89.6 Å². The van der Waals surface area contributed by atoms with Crippen molar-refractivity contribution in [1.82, 2.24) is 0 Å². The second-order valence-corrected chi connectivity index (χ2v) is 4.00. The summed E-state index contributed by atoms with van der Waals surface area (Å²) in [6.45, 7) is 4.23. The van der Waals surface area contributed by atoms with E-state index in [1.54, 1.807) is 18.7 Å². The van der Waals surface area contributed by atoms with Gasteiger partial charge in [0.15, 0.2) is 0 Å². The summed E-state index contributed by atoms with van der Waals surface area (Å²) in [5, 5.41) is 0. The minimum atomic E-state index is -0.277. The van der Waals surface area contributed by atoms with Crippen molar-refractivity contribution in [3.05, 3.63) is 0 Å². The first-order valence-corrected chi connectivity index (χ1v) is 6.11. The first-order chi connectivity index (χ1) is 6.70. The number of rotatable bonds is 8. The fourth-order valence-corrected chi connectivity index (χ4v) is 1.68. The molecule has 0 N–H and O–H groups in total. The van der Waals surface area contributed by atoms with Gasteiger partial charge in [0.05, 0.1) is 18.8 Å². The number of ketones is 1. The Hall–Kier alpha value is -0.510. The van der Waals surface area contributed by atoms with E-state index < -0.39 is 0 Å². The monoisotopic (exact) mass is 218 g/mol. The van der Waals surface area contributed by atoms with Gasteiger partial charge in [-0.1, -0.05) is 6.92 Å². The summed E-state index contributed by atoms with van der Waals surface area (Å²) in [5.41, 5.74) is 0. The SMILES string of the molecule is CCCSCC(=O)CCC(=O)OCC. The third kappa shape index (κ3) is 8.10. The standard InChI is InChI=1S/C10H18O3S/c1-3-7-14-8-9(11)5-6-10(12)13-4-2/h3-8H2,1-2H3. The van der Waals surface area contributed by atoms with E-state index in [-0.39, 0.29) is 18.2 Å². The lowest BCUT2D eigenvalue weighted by molar-refractivity contribution is -0.144. The van der Waals surface area contributed by atoms with Crippen LogP contribution in [-0.2, 0) is 14.3 Å². The van der Waals surface area contributed by atoms with Gasteiger partial charge in [0.2, 0.25) is 0 Å². The Kier molecular flexibility index (Phi) is 8.73. The lowest BCUT2D eigenvalue weighted by Crippen LogP contribution is -2.09. The van der Waals surface area contributed by atoms with E-state index in [0.717, 1.165) is 12.2 Å². The Morgan fingerprint density at radius 1 is 1.21 bits per heavy atom. The van der Waals surface area contributed by atoms with E-state index >= 15 is 0 Å². The highest BCUT2D eigenvalue weighted by Gasteiger charge is 2.06. The molecular formula is C10H18O3S. The van der Waals surface area contributed by atoms with Crippen LogP contribution < -0.4 is 0 Å². The van der Waals surface area contributed by atoms with Crippen LogP contribution in [0, 0.1) is 0 Å². The van der Waals surface area contributed by atoms with Crippen LogP contribution in [0.15, 0.2) is 0 Å². The van der Waals surface area contributed by atoms with Crippen LogP contribution >= 0.6 is 11.8 Å². The van der Waals surface area contributed by atoms with Crippen LogP contribution in [0.5, 0.6) is 0 Å². The van der Waals surface area contributed by atoms with E-state index in [1.165, 1.54) is 0 Å². The third-order valence-corrected chi connectivity index (χ3v) is 2.75. The number of Topliss-reactive ketones (excluding diaryl/α,β-unsaturated/α-hetero) is 1. The molecule has 14 heavy (non-hydrogen) atoms. The molecule has 0 aliphatic heterocycles. The van der Waals surface area contributed by atoms with Gasteiger partial charge in [-0.25, -0.2) is 0 Å². The van der Waals surface area contributed by atoms with Gasteiger partial charge in [-0.3, -0.25) is 9.59 Å². The van der Waals surface area contributed by atoms with Crippen molar-refractivity contribution < 1.29 is 14.3 Å². The fourth-order valence-electron chi connectivity index (χ4n) is 0.877. The fraction of sp³-hybridized carbons (Fsp3) is 0.800. The molecular weight excluding hydrogens is 200 g/mol. The van der Waals surface area contributed by atoms with Crippen molar-refractivity contribution >= 4 is 23.5 Å². The van der Waals surface area contributed by atoms with Gasteiger partial charge in [-0.15, -0.1) is 0 Å². The molecule has 0 aromatic rings. The van der Waals surface area contributed by atoms with Crippen molar-refractivity contribution in [3.63, 3.8) is 0 Å². The first-order valence-electron chi connectivity index (χ1n) is 4.95. The topological polar surface area (TPSA) is 43.4 Å². The summed E-state index contributed by atoms with van der Waals surface area (Å²) >= 11 is 1.62. The largest absolute Gasteiger partial charge is 0.466 e. The second-order valence-electron chi connectivity index (χ2n) is 2.90. The van der Waals surface area contributed by atoms with Gasteiger partial charge in [0.25, 0.3) is 0 Å². The van der Waals surface area contributed by atoms with Crippen molar-refractivity contribution in [2.75, 3.05) is 18.1 Å². The third-order valence-electron chi connectivity index (χ3n) is 1.52. The predicted octanol–water partition coefficient (Wildman–Crippen LogP) is 2.04. The summed E-state index contributed by atoms with van der Waals surface area (Å²) in [4.78, 5) is 22.1. The van der Waals surface area contributed by atoms with Crippen molar-refractivity contribution in [2.24, 2.45) is 0 Å². The maximum atomic E-state index is 11.2. The number of ether oxygens (including phenoxy) is 1. The average Bonchev–Trinajstić information content (AvgIpc) is 2.16. The van der Waals surface area contributed by atoms with Crippen molar-refractivity contribution in [2.45, 2.75) is 33.1 Å². The van der Waals surface area contributed by atoms with E-state index in [2.05, 4.69) is 6.92 Å². The summed E-state index contributed by atoms with van der Waals surface area (Å²) in [7, 11) is 0. The molecule has 0 spiro atoms. The van der Waals surface area contributed by atoms with Gasteiger partial charge in [0.1, 0.15) is 5.78 Å². The normalized spacial score (nSPS) is 9.86. The number of carbonyl (C=O) groups is 2. The zero-order chi connectivity index (χ0) is 10.8. The minimum Gasteiger partial charge on any atom is -0.466 e. The van der Waals surface area contributed by atoms with Crippen molar-refractivity contribution in [1.29, 1.82) is 0 Å². The molecule has 82 valence electrons. The van der Waals surface area contributed by atoms with Crippen LogP contribution in [0.4, 0.5) is 0 Å². The number of carbonyl (C=O) groups excluding carboxylic acids is 2. The van der Waals surface area contributed by atoms with E-state index in [4.69, 9.17) is 4.74 Å². The Morgan fingerprint density at radius 2 is 1.93 bits per heavy atom. The zero-order valence-corrected chi connectivity index (χ0v) is 9.69. The predicted molar refractivity (Wildman–Crippen MR) is 58.5 cm³/mol. The Morgan fingerprint density at radius 3 is 2.50 bits per heavy atom. The van der Waals surface area contributed by atoms with Gasteiger partial charge in [-0.2, -0.15) is 11.8 Å². The highest BCUT2D eigenvalue weighted by Crippen LogP contribution is 2.05. The van der Waals surface area contributed by atoms with E-state index in [1.807, 2.05) is 0 Å². The summed E-state index contributed by atoms with van der Waals surface area (Å²) in [6.07, 6.45) is 1.62. The molecule has 0 saturated carbocycles. The lowest BCUT2D eigenvalue weighted by atomic mass is 10.2. The molecule has 0 bridgehead atoms. The van der Waals surface area contributed by atoms with E-state index in [9.17, 15) is 9.59 Å². The van der Waals surface area contributed by atoms with Crippen LogP contribution in [0.3, 0.4) is 0 Å². The molecule has 4 heteroatoms. The molecule has 0 aliphatic rings. The van der Waals surface area contributed by atoms with Crippen LogP contribution in [0.1, 0.15) is 33.1 Å². The second kappa shape index (κ2) is 9.06. The molecule has 0 atom stereocenters.